The van der Waals surface area contributed by atoms with Crippen molar-refractivity contribution in [2.75, 3.05) is 13.2 Å². The Morgan fingerprint density at radius 1 is 0.556 bits per heavy atom. The summed E-state index contributed by atoms with van der Waals surface area (Å²) in [7, 11) is 0. The predicted octanol–water partition coefficient (Wildman–Crippen LogP) is 12.0. The predicted molar refractivity (Wildman–Crippen MR) is 262 cm³/mol. The van der Waals surface area contributed by atoms with Crippen LogP contribution in [0.25, 0.3) is 0 Å². The summed E-state index contributed by atoms with van der Waals surface area (Å²) in [6.45, 7) is 3.63. The smallest absolute Gasteiger partial charge is 0.220 e. The highest BCUT2D eigenvalue weighted by molar-refractivity contribution is 5.76. The summed E-state index contributed by atoms with van der Waals surface area (Å²) in [5.74, 6) is -0.217. The van der Waals surface area contributed by atoms with Gasteiger partial charge in [-0.3, -0.25) is 4.79 Å². The Morgan fingerprint density at radius 2 is 1.00 bits per heavy atom. The molecule has 1 fully saturated rings. The molecule has 1 rings (SSSR count). The van der Waals surface area contributed by atoms with Crippen molar-refractivity contribution >= 4 is 5.91 Å². The van der Waals surface area contributed by atoms with E-state index >= 15 is 0 Å². The first-order valence-corrected chi connectivity index (χ1v) is 26.0. The summed E-state index contributed by atoms with van der Waals surface area (Å²) in [6, 6.07) is -0.839. The van der Waals surface area contributed by atoms with E-state index in [1.165, 1.54) is 135 Å². The van der Waals surface area contributed by atoms with Crippen molar-refractivity contribution in [3.05, 3.63) is 60.8 Å². The van der Waals surface area contributed by atoms with Crippen LogP contribution >= 0.6 is 0 Å². The van der Waals surface area contributed by atoms with Gasteiger partial charge in [-0.05, 0) is 64.2 Å². The number of aliphatic hydroxyl groups excluding tert-OH is 5. The van der Waals surface area contributed by atoms with Crippen LogP contribution in [0.1, 0.15) is 219 Å². The quantitative estimate of drug-likeness (QED) is 0.0262. The lowest BCUT2D eigenvalue weighted by Gasteiger charge is -2.40. The number of hydrogen-bond acceptors (Lipinski definition) is 8. The molecular weight excluding hydrogens is 791 g/mol. The number of allylic oxidation sites excluding steroid dienone is 9. The Hall–Kier alpha value is -2.11. The van der Waals surface area contributed by atoms with Crippen LogP contribution < -0.4 is 5.32 Å². The molecule has 1 heterocycles. The van der Waals surface area contributed by atoms with Crippen LogP contribution in [0.3, 0.4) is 0 Å². The first kappa shape index (κ1) is 58.9. The number of nitrogens with one attached hydrogen (secondary N) is 1. The van der Waals surface area contributed by atoms with E-state index in [0.29, 0.717) is 12.8 Å². The molecule has 366 valence electrons. The Kier molecular flexibility index (Phi) is 40.9. The van der Waals surface area contributed by atoms with E-state index in [1.54, 1.807) is 6.08 Å². The Balaban J connectivity index is 2.27. The molecule has 9 heteroatoms. The van der Waals surface area contributed by atoms with Gasteiger partial charge in [0, 0.05) is 6.42 Å². The van der Waals surface area contributed by atoms with Crippen molar-refractivity contribution in [1.82, 2.24) is 5.32 Å². The van der Waals surface area contributed by atoms with Crippen LogP contribution in [0.4, 0.5) is 0 Å². The minimum absolute atomic E-state index is 0.215. The molecule has 0 aromatic rings. The molecule has 0 aliphatic carbocycles. The van der Waals surface area contributed by atoms with Gasteiger partial charge in [0.15, 0.2) is 6.29 Å². The third-order valence-corrected chi connectivity index (χ3v) is 12.1. The monoisotopic (exact) mass is 888 g/mol. The fourth-order valence-electron chi connectivity index (χ4n) is 7.95. The second-order valence-electron chi connectivity index (χ2n) is 17.9. The first-order chi connectivity index (χ1) is 30.8. The second kappa shape index (κ2) is 43.8. The van der Waals surface area contributed by atoms with Gasteiger partial charge in [0.05, 0.1) is 25.4 Å². The molecule has 0 radical (unpaired) electrons. The van der Waals surface area contributed by atoms with Gasteiger partial charge in [0.25, 0.3) is 0 Å². The molecule has 7 unspecified atom stereocenters. The summed E-state index contributed by atoms with van der Waals surface area (Å²) >= 11 is 0. The van der Waals surface area contributed by atoms with E-state index in [0.717, 1.165) is 57.8 Å². The lowest BCUT2D eigenvalue weighted by atomic mass is 9.99. The highest BCUT2D eigenvalue weighted by Crippen LogP contribution is 2.23. The number of rotatable bonds is 43. The molecule has 7 atom stereocenters. The maximum absolute atomic E-state index is 12.9. The largest absolute Gasteiger partial charge is 0.394 e. The zero-order valence-corrected chi connectivity index (χ0v) is 40.3. The molecule has 1 amide bonds. The molecule has 1 saturated heterocycles. The van der Waals surface area contributed by atoms with Crippen LogP contribution in [0, 0.1) is 0 Å². The SMILES string of the molecule is CC/C=C\C/C=C\C/C=C\CCCCCC(=O)NC(COC1OC(CO)C(O)C(O)C1O)C(O)/C=C/CC/C=C/CCCCCCCCCCCCCCCCCCCCCCC. The van der Waals surface area contributed by atoms with Gasteiger partial charge < -0.3 is 40.3 Å². The Bertz CT molecular complexity index is 1170. The molecule has 63 heavy (non-hydrogen) atoms. The van der Waals surface area contributed by atoms with Gasteiger partial charge in [-0.2, -0.15) is 0 Å². The molecular formula is C54H97NO8. The standard InChI is InChI=1S/C54H97NO8/c1-3-5-7-9-11-13-15-17-18-19-20-21-22-23-24-25-26-27-28-29-30-32-33-35-37-39-41-43-48(57)47(46-62-54-53(61)52(60)51(59)49(45-56)63-54)55-50(58)44-42-40-38-36-34-31-16-14-12-10-8-6-4-2/h6,8,12,14,31,33-35,41,43,47-49,51-54,56-57,59-61H,3-5,7,9-11,13,15-30,32,36-40,42,44-46H2,1-2H3,(H,55,58)/b8-6-,14-12-,34-31-,35-33+,43-41+. The molecule has 0 bridgehead atoms. The van der Waals surface area contributed by atoms with Crippen molar-refractivity contribution in [3.8, 4) is 0 Å². The molecule has 9 nitrogen and oxygen atoms in total. The minimum atomic E-state index is -1.58. The highest BCUT2D eigenvalue weighted by atomic mass is 16.7. The average Bonchev–Trinajstić information content (AvgIpc) is 3.28. The molecule has 0 aromatic carbocycles. The number of carbonyl (C=O) groups excluding carboxylic acids is 1. The van der Waals surface area contributed by atoms with E-state index in [4.69, 9.17) is 9.47 Å². The van der Waals surface area contributed by atoms with Crippen LogP contribution in [0.2, 0.25) is 0 Å². The van der Waals surface area contributed by atoms with Crippen LogP contribution in [-0.2, 0) is 14.3 Å². The van der Waals surface area contributed by atoms with Crippen molar-refractivity contribution < 1.29 is 39.8 Å². The lowest BCUT2D eigenvalue weighted by molar-refractivity contribution is -0.302. The van der Waals surface area contributed by atoms with E-state index in [1.807, 2.05) is 6.08 Å². The third-order valence-electron chi connectivity index (χ3n) is 12.1. The van der Waals surface area contributed by atoms with Crippen LogP contribution in [0.5, 0.6) is 0 Å². The molecule has 0 spiro atoms. The van der Waals surface area contributed by atoms with E-state index in [2.05, 4.69) is 67.8 Å². The Labute approximate surface area is 386 Å². The van der Waals surface area contributed by atoms with Crippen molar-refractivity contribution in [3.63, 3.8) is 0 Å². The molecule has 6 N–H and O–H groups in total. The van der Waals surface area contributed by atoms with Gasteiger partial charge in [-0.1, -0.05) is 209 Å². The lowest BCUT2D eigenvalue weighted by Crippen LogP contribution is -2.60. The van der Waals surface area contributed by atoms with Crippen LogP contribution in [0.15, 0.2) is 60.8 Å². The van der Waals surface area contributed by atoms with Gasteiger partial charge in [0.2, 0.25) is 5.91 Å². The van der Waals surface area contributed by atoms with E-state index in [-0.39, 0.29) is 12.5 Å². The first-order valence-electron chi connectivity index (χ1n) is 26.0. The fraction of sp³-hybridized carbons (Fsp3) is 0.796. The van der Waals surface area contributed by atoms with E-state index in [9.17, 15) is 30.3 Å². The zero-order valence-electron chi connectivity index (χ0n) is 40.3. The molecule has 0 aromatic heterocycles. The topological polar surface area (TPSA) is 149 Å². The highest BCUT2D eigenvalue weighted by Gasteiger charge is 2.44. The summed E-state index contributed by atoms with van der Waals surface area (Å²) in [4.78, 5) is 12.9. The molecule has 0 saturated carbocycles. The van der Waals surface area contributed by atoms with Crippen molar-refractivity contribution in [2.24, 2.45) is 0 Å². The van der Waals surface area contributed by atoms with Gasteiger partial charge in [0.1, 0.15) is 24.4 Å². The van der Waals surface area contributed by atoms with E-state index < -0.39 is 49.5 Å². The maximum atomic E-state index is 12.9. The number of hydrogen-bond donors (Lipinski definition) is 6. The van der Waals surface area contributed by atoms with Crippen LogP contribution in [-0.4, -0.2) is 87.5 Å². The van der Waals surface area contributed by atoms with Gasteiger partial charge >= 0.3 is 0 Å². The summed E-state index contributed by atoms with van der Waals surface area (Å²) < 4.78 is 11.2. The fourth-order valence-corrected chi connectivity index (χ4v) is 7.95. The number of carbonyl (C=O) groups is 1. The minimum Gasteiger partial charge on any atom is -0.394 e. The summed E-state index contributed by atoms with van der Waals surface area (Å²) in [6.07, 6.45) is 51.5. The van der Waals surface area contributed by atoms with Crippen molar-refractivity contribution in [1.29, 1.82) is 0 Å². The van der Waals surface area contributed by atoms with Crippen molar-refractivity contribution in [2.45, 2.75) is 262 Å². The maximum Gasteiger partial charge on any atom is 0.220 e. The summed E-state index contributed by atoms with van der Waals surface area (Å²) in [5.41, 5.74) is 0. The number of aliphatic hydroxyl groups is 5. The normalized spacial score (nSPS) is 20.7. The molecule has 1 aliphatic rings. The van der Waals surface area contributed by atoms with Gasteiger partial charge in [-0.15, -0.1) is 0 Å². The zero-order chi connectivity index (χ0) is 45.9. The second-order valence-corrected chi connectivity index (χ2v) is 17.9. The van der Waals surface area contributed by atoms with Gasteiger partial charge in [-0.25, -0.2) is 0 Å². The number of unbranched alkanes of at least 4 members (excludes halogenated alkanes) is 25. The summed E-state index contributed by atoms with van der Waals surface area (Å²) in [5, 5.41) is 54.2. The molecule has 1 aliphatic heterocycles. The third kappa shape index (κ3) is 33.9. The number of ether oxygens (including phenoxy) is 2. The number of amides is 1. The Morgan fingerprint density at radius 3 is 1.52 bits per heavy atom. The average molecular weight is 888 g/mol.